The van der Waals surface area contributed by atoms with E-state index in [0.717, 1.165) is 27.8 Å². The van der Waals surface area contributed by atoms with Gasteiger partial charge in [-0.1, -0.05) is 56.1 Å². The SMILES string of the molecule is CC.CCCN(C)C(=O)C(O)C(O)C(=O)NCCc1cccs1.ClC1=CC=C(Cl)CC=C1. The number of hydrogen-bond acceptors (Lipinski definition) is 5. The van der Waals surface area contributed by atoms with E-state index in [-0.39, 0.29) is 0 Å². The minimum atomic E-state index is -1.75. The van der Waals surface area contributed by atoms with Crippen LogP contribution < -0.4 is 5.32 Å². The van der Waals surface area contributed by atoms with Gasteiger partial charge in [0.15, 0.2) is 12.2 Å². The molecule has 0 saturated heterocycles. The first-order valence-electron chi connectivity index (χ1n) is 10.6. The Morgan fingerprint density at radius 2 is 1.91 bits per heavy atom. The molecule has 1 aliphatic rings. The summed E-state index contributed by atoms with van der Waals surface area (Å²) in [5.41, 5.74) is 0. The molecule has 0 spiro atoms. The predicted octanol–water partition coefficient (Wildman–Crippen LogP) is 4.21. The Labute approximate surface area is 205 Å². The number of aliphatic hydroxyl groups is 2. The van der Waals surface area contributed by atoms with Crippen LogP contribution in [0.5, 0.6) is 0 Å². The number of allylic oxidation sites excluding steroid dienone is 6. The molecule has 0 radical (unpaired) electrons. The first-order valence-corrected chi connectivity index (χ1v) is 12.2. The Morgan fingerprint density at radius 3 is 2.50 bits per heavy atom. The number of amides is 2. The van der Waals surface area contributed by atoms with Gasteiger partial charge in [0, 0.05) is 41.5 Å². The number of likely N-dealkylation sites (N-methyl/N-ethyl adjacent to an activating group) is 1. The Balaban J connectivity index is 0.000000723. The number of aliphatic hydroxyl groups excluding tert-OH is 2. The molecule has 6 nitrogen and oxygen atoms in total. The molecule has 3 N–H and O–H groups in total. The highest BCUT2D eigenvalue weighted by atomic mass is 35.5. The molecule has 32 heavy (non-hydrogen) atoms. The van der Waals surface area contributed by atoms with E-state index >= 15 is 0 Å². The third kappa shape index (κ3) is 12.4. The summed E-state index contributed by atoms with van der Waals surface area (Å²) in [6, 6.07) is 3.87. The van der Waals surface area contributed by atoms with Crippen molar-refractivity contribution >= 4 is 46.4 Å². The highest BCUT2D eigenvalue weighted by Gasteiger charge is 2.31. The van der Waals surface area contributed by atoms with Crippen molar-refractivity contribution in [3.05, 3.63) is 56.8 Å². The second kappa shape index (κ2) is 17.9. The van der Waals surface area contributed by atoms with Crippen molar-refractivity contribution in [2.24, 2.45) is 0 Å². The standard InChI is InChI=1S/C14H22N2O4S.C7H6Cl2.C2H6/c1-3-8-16(2)14(20)12(18)11(17)13(19)15-7-6-10-5-4-9-21-10;8-6-2-1-3-7(9)5-4-6;1-2/h4-5,9,11-12,17-18H,3,6-8H2,1-2H3,(H,15,19);1-2,4-5H,3H2;1-2H3. The molecule has 1 aromatic rings. The maximum atomic E-state index is 11.8. The summed E-state index contributed by atoms with van der Waals surface area (Å²) in [5.74, 6) is -1.39. The molecular formula is C23H34Cl2N2O4S. The second-order valence-corrected chi connectivity index (χ2v) is 8.50. The fourth-order valence-electron chi connectivity index (χ4n) is 2.40. The topological polar surface area (TPSA) is 89.9 Å². The summed E-state index contributed by atoms with van der Waals surface area (Å²) in [6.07, 6.45) is 6.06. The van der Waals surface area contributed by atoms with Crippen LogP contribution in [0.1, 0.15) is 38.5 Å². The lowest BCUT2D eigenvalue weighted by Crippen LogP contribution is -2.50. The number of hydrogen-bond donors (Lipinski definition) is 3. The van der Waals surface area contributed by atoms with E-state index in [1.165, 1.54) is 11.9 Å². The van der Waals surface area contributed by atoms with Crippen molar-refractivity contribution in [2.45, 2.75) is 52.2 Å². The molecule has 2 unspecified atom stereocenters. The molecule has 1 aliphatic carbocycles. The normalized spacial score (nSPS) is 14.2. The van der Waals surface area contributed by atoms with Crippen molar-refractivity contribution < 1.29 is 19.8 Å². The Bertz CT molecular complexity index is 764. The maximum Gasteiger partial charge on any atom is 0.254 e. The van der Waals surface area contributed by atoms with Crippen molar-refractivity contribution in [2.75, 3.05) is 20.1 Å². The van der Waals surface area contributed by atoms with E-state index in [1.807, 2.05) is 56.5 Å². The van der Waals surface area contributed by atoms with E-state index in [2.05, 4.69) is 5.32 Å². The number of nitrogens with zero attached hydrogens (tertiary/aromatic N) is 1. The van der Waals surface area contributed by atoms with Crippen LogP contribution in [0.3, 0.4) is 0 Å². The lowest BCUT2D eigenvalue weighted by atomic mass is 10.1. The van der Waals surface area contributed by atoms with Crippen LogP contribution in [-0.2, 0) is 16.0 Å². The molecule has 0 aromatic carbocycles. The number of carbonyl (C=O) groups excluding carboxylic acids is 2. The fraction of sp³-hybridized carbons (Fsp3) is 0.478. The molecule has 2 amide bonds. The number of rotatable bonds is 8. The minimum absolute atomic E-state index is 0.349. The molecule has 2 rings (SSSR count). The van der Waals surface area contributed by atoms with Crippen molar-refractivity contribution in [3.8, 4) is 0 Å². The van der Waals surface area contributed by atoms with Gasteiger partial charge in [-0.15, -0.1) is 11.3 Å². The number of thiophene rings is 1. The molecule has 1 aromatic heterocycles. The average molecular weight is 506 g/mol. The van der Waals surface area contributed by atoms with E-state index in [1.54, 1.807) is 17.4 Å². The highest BCUT2D eigenvalue weighted by Crippen LogP contribution is 2.15. The van der Waals surface area contributed by atoms with Crippen LogP contribution in [0.4, 0.5) is 0 Å². The zero-order valence-corrected chi connectivity index (χ0v) is 21.4. The van der Waals surface area contributed by atoms with Crippen molar-refractivity contribution in [1.82, 2.24) is 10.2 Å². The molecule has 0 aliphatic heterocycles. The fourth-order valence-corrected chi connectivity index (χ4v) is 3.41. The number of carbonyl (C=O) groups is 2. The first kappa shape index (κ1) is 30.4. The van der Waals surface area contributed by atoms with Gasteiger partial charge in [-0.25, -0.2) is 0 Å². The number of halogens is 2. The monoisotopic (exact) mass is 504 g/mol. The van der Waals surface area contributed by atoms with Gasteiger partial charge in [-0.2, -0.15) is 0 Å². The van der Waals surface area contributed by atoms with Crippen LogP contribution in [0.25, 0.3) is 0 Å². The molecule has 0 bridgehead atoms. The summed E-state index contributed by atoms with van der Waals surface area (Å²) in [5, 5.41) is 25.5. The van der Waals surface area contributed by atoms with E-state index < -0.39 is 24.0 Å². The molecule has 1 heterocycles. The molecular weight excluding hydrogens is 471 g/mol. The quantitative estimate of drug-likeness (QED) is 0.494. The molecule has 0 fully saturated rings. The zero-order chi connectivity index (χ0) is 24.5. The molecule has 9 heteroatoms. The first-order chi connectivity index (χ1) is 15.3. The van der Waals surface area contributed by atoms with Crippen LogP contribution >= 0.6 is 34.5 Å². The second-order valence-electron chi connectivity index (χ2n) is 6.54. The Kier molecular flexibility index (Phi) is 16.9. The predicted molar refractivity (Wildman–Crippen MR) is 134 cm³/mol. The summed E-state index contributed by atoms with van der Waals surface area (Å²) >= 11 is 12.9. The molecule has 2 atom stereocenters. The highest BCUT2D eigenvalue weighted by molar-refractivity contribution is 7.09. The van der Waals surface area contributed by atoms with Gasteiger partial charge in [-0.3, -0.25) is 9.59 Å². The smallest absolute Gasteiger partial charge is 0.254 e. The van der Waals surface area contributed by atoms with E-state index in [9.17, 15) is 19.8 Å². The number of nitrogens with one attached hydrogen (secondary N) is 1. The minimum Gasteiger partial charge on any atom is -0.380 e. The summed E-state index contributed by atoms with van der Waals surface area (Å²) in [6.45, 7) is 6.70. The molecule has 180 valence electrons. The van der Waals surface area contributed by atoms with Gasteiger partial charge < -0.3 is 20.4 Å². The lowest BCUT2D eigenvalue weighted by molar-refractivity contribution is -0.152. The van der Waals surface area contributed by atoms with Gasteiger partial charge in [0.2, 0.25) is 0 Å². The van der Waals surface area contributed by atoms with Crippen molar-refractivity contribution in [1.29, 1.82) is 0 Å². The van der Waals surface area contributed by atoms with Crippen LogP contribution in [0.15, 0.2) is 51.9 Å². The lowest BCUT2D eigenvalue weighted by Gasteiger charge is -2.22. The average Bonchev–Trinajstić information content (AvgIpc) is 3.24. The van der Waals surface area contributed by atoms with Gasteiger partial charge in [0.1, 0.15) is 0 Å². The van der Waals surface area contributed by atoms with Crippen molar-refractivity contribution in [3.63, 3.8) is 0 Å². The summed E-state index contributed by atoms with van der Waals surface area (Å²) in [7, 11) is 1.52. The zero-order valence-electron chi connectivity index (χ0n) is 19.1. The molecule has 0 saturated carbocycles. The van der Waals surface area contributed by atoms with Crippen LogP contribution in [0, 0.1) is 0 Å². The summed E-state index contributed by atoms with van der Waals surface area (Å²) < 4.78 is 0. The third-order valence-corrected chi connectivity index (χ3v) is 5.49. The third-order valence-electron chi connectivity index (χ3n) is 4.02. The summed E-state index contributed by atoms with van der Waals surface area (Å²) in [4.78, 5) is 25.9. The Hall–Kier alpha value is -1.64. The van der Waals surface area contributed by atoms with Gasteiger partial charge in [0.05, 0.1) is 0 Å². The Morgan fingerprint density at radius 1 is 1.22 bits per heavy atom. The van der Waals surface area contributed by atoms with Gasteiger partial charge in [0.25, 0.3) is 11.8 Å². The van der Waals surface area contributed by atoms with Gasteiger partial charge >= 0.3 is 0 Å². The van der Waals surface area contributed by atoms with Crippen LogP contribution in [-0.4, -0.2) is 59.3 Å². The maximum absolute atomic E-state index is 11.8. The van der Waals surface area contributed by atoms with E-state index in [4.69, 9.17) is 23.2 Å². The van der Waals surface area contributed by atoms with Crippen LogP contribution in [0.2, 0.25) is 0 Å². The van der Waals surface area contributed by atoms with Gasteiger partial charge in [-0.05, 0) is 42.5 Å². The largest absolute Gasteiger partial charge is 0.380 e. The van der Waals surface area contributed by atoms with E-state index in [0.29, 0.717) is 19.5 Å².